The predicted molar refractivity (Wildman–Crippen MR) is 118 cm³/mol. The number of hydrogen-bond donors (Lipinski definition) is 1. The molecule has 0 radical (unpaired) electrons. The molecule has 1 aromatic carbocycles. The first kappa shape index (κ1) is 21.6. The number of nitrogens with zero attached hydrogens (tertiary/aromatic N) is 3. The number of pyridine rings is 1. The third-order valence-electron chi connectivity index (χ3n) is 4.49. The number of hydrogen-bond acceptors (Lipinski definition) is 3. The number of nitrogens with one attached hydrogen (secondary N) is 1. The van der Waals surface area contributed by atoms with E-state index in [1.807, 2.05) is 36.5 Å². The van der Waals surface area contributed by atoms with Crippen LogP contribution in [0.3, 0.4) is 0 Å². The lowest BCUT2D eigenvalue weighted by molar-refractivity contribution is 0.299. The average molecular weight is 405 g/mol. The van der Waals surface area contributed by atoms with Crippen molar-refractivity contribution in [3.8, 4) is 0 Å². The molecule has 146 valence electrons. The van der Waals surface area contributed by atoms with Crippen LogP contribution in [-0.4, -0.2) is 46.1 Å². The molecule has 0 spiro atoms. The van der Waals surface area contributed by atoms with Gasteiger partial charge < -0.3 is 15.1 Å². The lowest BCUT2D eigenvalue weighted by atomic mass is 10.2. The van der Waals surface area contributed by atoms with E-state index in [1.165, 1.54) is 5.56 Å². The van der Waals surface area contributed by atoms with E-state index in [4.69, 9.17) is 23.8 Å². The number of benzene rings is 1. The molecular weight excluding hydrogens is 376 g/mol. The lowest BCUT2D eigenvalue weighted by Gasteiger charge is -2.26. The quantitative estimate of drug-likeness (QED) is 0.470. The molecule has 0 unspecified atom stereocenters. The van der Waals surface area contributed by atoms with E-state index in [9.17, 15) is 0 Å². The maximum absolute atomic E-state index is 6.01. The van der Waals surface area contributed by atoms with Gasteiger partial charge in [-0.25, -0.2) is 0 Å². The number of rotatable bonds is 10. The van der Waals surface area contributed by atoms with E-state index in [2.05, 4.69) is 40.0 Å². The Morgan fingerprint density at radius 1 is 1.07 bits per heavy atom. The molecule has 0 aliphatic heterocycles. The third-order valence-corrected chi connectivity index (χ3v) is 5.15. The molecule has 0 amide bonds. The second-order valence-corrected chi connectivity index (χ2v) is 7.28. The molecule has 2 rings (SSSR count). The van der Waals surface area contributed by atoms with Crippen molar-refractivity contribution in [2.24, 2.45) is 0 Å². The number of aromatic nitrogens is 1. The summed E-state index contributed by atoms with van der Waals surface area (Å²) in [5.41, 5.74) is 2.31. The molecule has 2 aromatic rings. The van der Waals surface area contributed by atoms with E-state index < -0.39 is 0 Å². The van der Waals surface area contributed by atoms with Crippen molar-refractivity contribution in [2.75, 3.05) is 26.2 Å². The van der Waals surface area contributed by atoms with E-state index >= 15 is 0 Å². The highest BCUT2D eigenvalue weighted by atomic mass is 35.5. The minimum atomic E-state index is 0.721. The lowest BCUT2D eigenvalue weighted by Crippen LogP contribution is -2.40. The molecule has 0 atom stereocenters. The van der Waals surface area contributed by atoms with E-state index in [0.717, 1.165) is 61.4 Å². The zero-order valence-corrected chi connectivity index (χ0v) is 17.8. The molecule has 1 heterocycles. The molecule has 1 aromatic heterocycles. The SMILES string of the molecule is CCN(CC)CCCNC(=S)N(Cc1ccc(Cl)cc1)Cc1cccnc1. The Morgan fingerprint density at radius 2 is 1.78 bits per heavy atom. The molecule has 0 fully saturated rings. The fourth-order valence-corrected chi connectivity index (χ4v) is 3.23. The van der Waals surface area contributed by atoms with Crippen molar-refractivity contribution in [3.63, 3.8) is 0 Å². The minimum Gasteiger partial charge on any atom is -0.363 e. The Labute approximate surface area is 173 Å². The summed E-state index contributed by atoms with van der Waals surface area (Å²) in [7, 11) is 0. The van der Waals surface area contributed by atoms with Crippen molar-refractivity contribution in [1.29, 1.82) is 0 Å². The fourth-order valence-electron chi connectivity index (χ4n) is 2.87. The predicted octanol–water partition coefficient (Wildman–Crippen LogP) is 4.34. The van der Waals surface area contributed by atoms with Crippen LogP contribution < -0.4 is 5.32 Å². The largest absolute Gasteiger partial charge is 0.363 e. The van der Waals surface area contributed by atoms with Gasteiger partial charge in [0.05, 0.1) is 0 Å². The molecule has 6 heteroatoms. The smallest absolute Gasteiger partial charge is 0.169 e. The third kappa shape index (κ3) is 7.83. The van der Waals surface area contributed by atoms with Crippen LogP contribution in [0.4, 0.5) is 0 Å². The van der Waals surface area contributed by atoms with Gasteiger partial charge >= 0.3 is 0 Å². The van der Waals surface area contributed by atoms with E-state index in [0.29, 0.717) is 0 Å². The summed E-state index contributed by atoms with van der Waals surface area (Å²) in [6, 6.07) is 11.9. The zero-order valence-electron chi connectivity index (χ0n) is 16.2. The van der Waals surface area contributed by atoms with Crippen LogP contribution in [0.1, 0.15) is 31.4 Å². The summed E-state index contributed by atoms with van der Waals surface area (Å²) in [5, 5.41) is 4.94. The van der Waals surface area contributed by atoms with Gasteiger partial charge in [-0.2, -0.15) is 0 Å². The first-order valence-corrected chi connectivity index (χ1v) is 10.3. The van der Waals surface area contributed by atoms with Crippen LogP contribution in [0.2, 0.25) is 5.02 Å². The van der Waals surface area contributed by atoms with Crippen LogP contribution in [0.25, 0.3) is 0 Å². The highest BCUT2D eigenvalue weighted by Crippen LogP contribution is 2.13. The molecule has 0 saturated carbocycles. The Bertz CT molecular complexity index is 674. The Kier molecular flexibility index (Phi) is 9.53. The highest BCUT2D eigenvalue weighted by molar-refractivity contribution is 7.80. The van der Waals surface area contributed by atoms with Crippen LogP contribution in [-0.2, 0) is 13.1 Å². The first-order valence-electron chi connectivity index (χ1n) is 9.50. The van der Waals surface area contributed by atoms with E-state index in [1.54, 1.807) is 6.20 Å². The number of halogens is 1. The van der Waals surface area contributed by atoms with Crippen molar-refractivity contribution in [3.05, 3.63) is 64.9 Å². The summed E-state index contributed by atoms with van der Waals surface area (Å²) >= 11 is 11.7. The van der Waals surface area contributed by atoms with Crippen molar-refractivity contribution >= 4 is 28.9 Å². The van der Waals surface area contributed by atoms with E-state index in [-0.39, 0.29) is 0 Å². The molecule has 0 bridgehead atoms. The molecule has 4 nitrogen and oxygen atoms in total. The second kappa shape index (κ2) is 11.9. The normalized spacial score (nSPS) is 10.8. The van der Waals surface area contributed by atoms with Crippen molar-refractivity contribution < 1.29 is 0 Å². The van der Waals surface area contributed by atoms with Gasteiger partial charge in [0.2, 0.25) is 0 Å². The molecule has 27 heavy (non-hydrogen) atoms. The zero-order chi connectivity index (χ0) is 19.5. The molecule has 0 aliphatic carbocycles. The minimum absolute atomic E-state index is 0.721. The topological polar surface area (TPSA) is 31.4 Å². The van der Waals surface area contributed by atoms with Crippen LogP contribution >= 0.6 is 23.8 Å². The van der Waals surface area contributed by atoms with Crippen LogP contribution in [0, 0.1) is 0 Å². The molecule has 1 N–H and O–H groups in total. The molecular formula is C21H29ClN4S. The van der Waals surface area contributed by atoms with Crippen molar-refractivity contribution in [1.82, 2.24) is 20.1 Å². The Hall–Kier alpha value is -1.69. The van der Waals surface area contributed by atoms with Gasteiger partial charge in [-0.15, -0.1) is 0 Å². The average Bonchev–Trinajstić information content (AvgIpc) is 2.70. The van der Waals surface area contributed by atoms with Gasteiger partial charge in [0.25, 0.3) is 0 Å². The summed E-state index contributed by atoms with van der Waals surface area (Å²) < 4.78 is 0. The second-order valence-electron chi connectivity index (χ2n) is 6.46. The molecule has 0 aliphatic rings. The maximum atomic E-state index is 6.01. The molecule has 0 saturated heterocycles. The summed E-state index contributed by atoms with van der Waals surface area (Å²) in [4.78, 5) is 8.81. The Morgan fingerprint density at radius 3 is 2.41 bits per heavy atom. The fraction of sp³-hybridized carbons (Fsp3) is 0.429. The standard InChI is InChI=1S/C21H29ClN4S/c1-3-25(4-2)14-6-13-24-21(27)26(17-19-7-5-12-23-15-19)16-18-8-10-20(22)11-9-18/h5,7-12,15H,3-4,6,13-14,16-17H2,1-2H3,(H,24,27). The summed E-state index contributed by atoms with van der Waals surface area (Å²) in [5.74, 6) is 0. The highest BCUT2D eigenvalue weighted by Gasteiger charge is 2.11. The van der Waals surface area contributed by atoms with Crippen LogP contribution in [0.15, 0.2) is 48.8 Å². The van der Waals surface area contributed by atoms with Gasteiger partial charge in [-0.3, -0.25) is 4.98 Å². The van der Waals surface area contributed by atoms with Gasteiger partial charge in [-0.1, -0.05) is 43.6 Å². The van der Waals surface area contributed by atoms with Gasteiger partial charge in [0.15, 0.2) is 5.11 Å². The van der Waals surface area contributed by atoms with Gasteiger partial charge in [-0.05, 0) is 67.6 Å². The van der Waals surface area contributed by atoms with Crippen LogP contribution in [0.5, 0.6) is 0 Å². The summed E-state index contributed by atoms with van der Waals surface area (Å²) in [6.07, 6.45) is 4.75. The maximum Gasteiger partial charge on any atom is 0.169 e. The Balaban J connectivity index is 1.95. The summed E-state index contributed by atoms with van der Waals surface area (Å²) in [6.45, 7) is 9.98. The number of thiocarbonyl (C=S) groups is 1. The van der Waals surface area contributed by atoms with Gasteiger partial charge in [0.1, 0.15) is 0 Å². The monoisotopic (exact) mass is 404 g/mol. The van der Waals surface area contributed by atoms with Gasteiger partial charge in [0, 0.05) is 37.1 Å². The first-order chi connectivity index (χ1) is 13.1. The van der Waals surface area contributed by atoms with Crippen molar-refractivity contribution in [2.45, 2.75) is 33.4 Å².